The summed E-state index contributed by atoms with van der Waals surface area (Å²) in [5.74, 6) is 0.191. The van der Waals surface area contributed by atoms with Crippen molar-refractivity contribution in [1.82, 2.24) is 14.5 Å². The number of aryl methyl sites for hydroxylation is 2. The van der Waals surface area contributed by atoms with Crippen molar-refractivity contribution < 1.29 is 32.9 Å². The van der Waals surface area contributed by atoms with Crippen molar-refractivity contribution in [1.29, 1.82) is 0 Å². The number of ether oxygens (including phenoxy) is 4. The van der Waals surface area contributed by atoms with E-state index in [1.54, 1.807) is 26.0 Å². The van der Waals surface area contributed by atoms with Gasteiger partial charge < -0.3 is 33.8 Å². The molecule has 5 atom stereocenters. The summed E-state index contributed by atoms with van der Waals surface area (Å²) < 4.78 is 49.5. The van der Waals surface area contributed by atoms with Crippen molar-refractivity contribution in [3.05, 3.63) is 45.7 Å². The van der Waals surface area contributed by atoms with Crippen LogP contribution in [0.2, 0.25) is 48.8 Å². The molecule has 2 aromatic heterocycles. The molecule has 52 heavy (non-hydrogen) atoms. The van der Waals surface area contributed by atoms with Crippen molar-refractivity contribution in [3.8, 4) is 6.01 Å². The number of anilines is 1. The molecular weight excluding hydrogens is 719 g/mol. The number of benzene rings is 1. The Morgan fingerprint density at radius 3 is 2.38 bits per heavy atom. The first kappa shape index (κ1) is 39.6. The van der Waals surface area contributed by atoms with Gasteiger partial charge in [-0.25, -0.2) is 9.37 Å². The molecule has 1 aromatic carbocycles. The van der Waals surface area contributed by atoms with Crippen LogP contribution < -0.4 is 10.1 Å². The minimum absolute atomic E-state index is 0.0685. The molecule has 1 aliphatic carbocycles. The zero-order valence-corrected chi connectivity index (χ0v) is 35.3. The van der Waals surface area contributed by atoms with E-state index in [-0.39, 0.29) is 41.9 Å². The summed E-state index contributed by atoms with van der Waals surface area (Å²) in [6.45, 7) is 23.3. The van der Waals surface area contributed by atoms with Gasteiger partial charge in [0, 0.05) is 20.2 Å². The van der Waals surface area contributed by atoms with Gasteiger partial charge in [0.05, 0.1) is 36.0 Å². The van der Waals surface area contributed by atoms with Crippen molar-refractivity contribution in [3.63, 3.8) is 0 Å². The van der Waals surface area contributed by atoms with Crippen LogP contribution in [0.5, 0.6) is 6.01 Å². The number of rotatable bonds is 14. The Morgan fingerprint density at radius 1 is 1.02 bits per heavy atom. The Kier molecular flexibility index (Phi) is 11.3. The van der Waals surface area contributed by atoms with Crippen LogP contribution in [-0.4, -0.2) is 85.9 Å². The summed E-state index contributed by atoms with van der Waals surface area (Å²) >= 11 is 6.83. The fourth-order valence-electron chi connectivity index (χ4n) is 6.85. The SMILES string of the molecule is CC(C)(O)CCc1cc(F)c2c(c1)CC[C@@H]2Nc1nc2c(cc1Cl)nc(O[C@@H]1CO[C@H]3[C@@H]1OC[C@H]3O[Si](C)(C)C(C)(C)C)n2COCC[Si](C)(C)C. The largest absolute Gasteiger partial charge is 0.456 e. The van der Waals surface area contributed by atoms with Gasteiger partial charge in [-0.2, -0.15) is 4.98 Å². The van der Waals surface area contributed by atoms with Gasteiger partial charge in [-0.1, -0.05) is 58.1 Å². The topological polar surface area (TPSA) is 109 Å². The standard InChI is InChI=1S/C38H58ClFN4O6Si2/c1-37(2,3)52(9,10)50-30-21-48-32-29(20-47-33(30)32)49-36-42-28-19-25(39)34(43-35(28)44(36)22-46-15-16-51(6,7)8)41-27-12-11-24-17-23(13-14-38(4,5)45)18-26(40)31(24)27/h17-19,27,29-30,32-33,45H,11-16,20-22H2,1-10H3,(H,41,43)/t27-,29+,30+,32+,33+/m0/s1. The molecule has 0 unspecified atom stereocenters. The zero-order chi connectivity index (χ0) is 37.8. The minimum atomic E-state index is -2.04. The third-order valence-corrected chi connectivity index (χ3v) is 17.5. The average Bonchev–Trinajstić information content (AvgIpc) is 3.78. The third kappa shape index (κ3) is 8.88. The number of pyridine rings is 1. The minimum Gasteiger partial charge on any atom is -0.456 e. The first-order valence-corrected chi connectivity index (χ1v) is 25.7. The second-order valence-electron chi connectivity index (χ2n) is 18.2. The number of halogens is 2. The molecule has 2 fully saturated rings. The molecule has 3 aliphatic rings. The monoisotopic (exact) mass is 776 g/mol. The van der Waals surface area contributed by atoms with E-state index in [9.17, 15) is 5.11 Å². The highest BCUT2D eigenvalue weighted by Gasteiger charge is 2.52. The lowest BCUT2D eigenvalue weighted by molar-refractivity contribution is 0.00687. The molecular formula is C38H58ClFN4O6Si2. The van der Waals surface area contributed by atoms with E-state index in [2.05, 4.69) is 64.9 Å². The van der Waals surface area contributed by atoms with E-state index in [0.29, 0.717) is 72.7 Å². The summed E-state index contributed by atoms with van der Waals surface area (Å²) in [6.07, 6.45) is 1.54. The van der Waals surface area contributed by atoms with Crippen LogP contribution in [0.1, 0.15) is 70.2 Å². The average molecular weight is 778 g/mol. The molecule has 10 nitrogen and oxygen atoms in total. The van der Waals surface area contributed by atoms with Crippen LogP contribution in [0.4, 0.5) is 10.2 Å². The van der Waals surface area contributed by atoms with E-state index < -0.39 is 28.1 Å². The van der Waals surface area contributed by atoms with Gasteiger partial charge in [-0.05, 0) is 87.0 Å². The molecule has 0 saturated carbocycles. The Hall–Kier alpha value is -2.11. The van der Waals surface area contributed by atoms with Crippen LogP contribution in [0.3, 0.4) is 0 Å². The number of hydrogen-bond acceptors (Lipinski definition) is 9. The molecule has 6 rings (SSSR count). The smallest absolute Gasteiger partial charge is 0.301 e. The zero-order valence-electron chi connectivity index (χ0n) is 32.6. The van der Waals surface area contributed by atoms with Crippen molar-refractivity contribution in [2.24, 2.45) is 0 Å². The highest BCUT2D eigenvalue weighted by molar-refractivity contribution is 6.76. The summed E-state index contributed by atoms with van der Waals surface area (Å²) in [4.78, 5) is 9.80. The number of nitrogens with one attached hydrogen (secondary N) is 1. The Balaban J connectivity index is 1.23. The molecule has 0 amide bonds. The molecule has 0 radical (unpaired) electrons. The second kappa shape index (κ2) is 14.9. The first-order valence-electron chi connectivity index (χ1n) is 18.7. The van der Waals surface area contributed by atoms with Crippen LogP contribution in [-0.2, 0) is 38.2 Å². The molecule has 2 N–H and O–H groups in total. The normalized spacial score (nSPS) is 23.8. The third-order valence-electron chi connectivity index (χ3n) is 11.0. The van der Waals surface area contributed by atoms with Crippen molar-refractivity contribution in [2.45, 2.75) is 147 Å². The fraction of sp³-hybridized carbons (Fsp3) is 0.684. The highest BCUT2D eigenvalue weighted by Crippen LogP contribution is 2.42. The summed E-state index contributed by atoms with van der Waals surface area (Å²) in [5.41, 5.74) is 2.81. The van der Waals surface area contributed by atoms with Gasteiger partial charge in [-0.3, -0.25) is 4.57 Å². The maximum absolute atomic E-state index is 15.6. The molecule has 3 aromatic rings. The van der Waals surface area contributed by atoms with Gasteiger partial charge in [0.15, 0.2) is 20.1 Å². The van der Waals surface area contributed by atoms with E-state index >= 15 is 4.39 Å². The fourth-order valence-corrected chi connectivity index (χ4v) is 9.12. The number of imidazole rings is 1. The maximum Gasteiger partial charge on any atom is 0.301 e. The lowest BCUT2D eigenvalue weighted by Gasteiger charge is -2.39. The van der Waals surface area contributed by atoms with E-state index in [1.807, 2.05) is 4.57 Å². The highest BCUT2D eigenvalue weighted by atomic mass is 35.5. The first-order chi connectivity index (χ1) is 24.2. The summed E-state index contributed by atoms with van der Waals surface area (Å²) in [7, 11) is -3.36. The summed E-state index contributed by atoms with van der Waals surface area (Å²) in [6, 6.07) is 6.49. The Bertz CT molecular complexity index is 1750. The van der Waals surface area contributed by atoms with Crippen molar-refractivity contribution >= 4 is 45.0 Å². The summed E-state index contributed by atoms with van der Waals surface area (Å²) in [5, 5.41) is 14.1. The molecule has 2 aliphatic heterocycles. The number of aromatic nitrogens is 3. The molecule has 4 heterocycles. The number of nitrogens with zero attached hydrogens (tertiary/aromatic N) is 3. The maximum atomic E-state index is 15.6. The Labute approximate surface area is 315 Å². The van der Waals surface area contributed by atoms with Crippen molar-refractivity contribution in [2.75, 3.05) is 25.1 Å². The van der Waals surface area contributed by atoms with Crippen LogP contribution in [0, 0.1) is 5.82 Å². The van der Waals surface area contributed by atoms with Gasteiger partial charge in [0.2, 0.25) is 0 Å². The van der Waals surface area contributed by atoms with Crippen LogP contribution in [0.25, 0.3) is 11.2 Å². The molecule has 288 valence electrons. The lowest BCUT2D eigenvalue weighted by Crippen LogP contribution is -2.47. The predicted octanol–water partition coefficient (Wildman–Crippen LogP) is 8.27. The van der Waals surface area contributed by atoms with E-state index in [4.69, 9.17) is 44.9 Å². The number of hydrogen-bond donors (Lipinski definition) is 2. The van der Waals surface area contributed by atoms with E-state index in [1.165, 1.54) is 0 Å². The van der Waals surface area contributed by atoms with E-state index in [0.717, 1.165) is 23.6 Å². The van der Waals surface area contributed by atoms with Crippen LogP contribution in [0.15, 0.2) is 18.2 Å². The quantitative estimate of drug-likeness (QED) is 0.124. The molecule has 2 saturated heterocycles. The number of aliphatic hydroxyl groups is 1. The van der Waals surface area contributed by atoms with Gasteiger partial charge >= 0.3 is 6.01 Å². The van der Waals surface area contributed by atoms with Gasteiger partial charge in [0.25, 0.3) is 0 Å². The lowest BCUT2D eigenvalue weighted by atomic mass is 9.96. The van der Waals surface area contributed by atoms with Gasteiger partial charge in [0.1, 0.15) is 36.1 Å². The second-order valence-corrected chi connectivity index (χ2v) is 29.0. The van der Waals surface area contributed by atoms with Gasteiger partial charge in [-0.15, -0.1) is 0 Å². The Morgan fingerprint density at radius 2 is 1.71 bits per heavy atom. The predicted molar refractivity (Wildman–Crippen MR) is 208 cm³/mol. The molecule has 0 spiro atoms. The molecule has 14 heteroatoms. The van der Waals surface area contributed by atoms with Crippen LogP contribution >= 0.6 is 11.6 Å². The number of fused-ring (bicyclic) bond motifs is 3. The molecule has 0 bridgehead atoms.